The standard InChI is InChI=1S/C23H25F5N2O3/c24-18-7-8-21(19(25)14-18)33-11-1-2-22(31)29-15-20(30-9-12-32-13-10-30)16-3-5-17(6-4-16)23(26,27)28/h3-8,14,20H,1-2,9-13,15H2,(H,29,31). The molecule has 1 aliphatic heterocycles. The molecule has 1 atom stereocenters. The first-order valence-electron chi connectivity index (χ1n) is 10.6. The molecule has 1 aliphatic rings. The molecule has 1 heterocycles. The minimum Gasteiger partial charge on any atom is -0.491 e. The van der Waals surface area contributed by atoms with Crippen LogP contribution in [0.2, 0.25) is 0 Å². The average molecular weight is 472 g/mol. The molecule has 180 valence electrons. The first kappa shape index (κ1) is 24.9. The number of carbonyl (C=O) groups excluding carboxylic acids is 1. The van der Waals surface area contributed by atoms with Gasteiger partial charge < -0.3 is 14.8 Å². The fourth-order valence-corrected chi connectivity index (χ4v) is 3.55. The monoisotopic (exact) mass is 472 g/mol. The fraction of sp³-hybridized carbons (Fsp3) is 0.435. The van der Waals surface area contributed by atoms with Gasteiger partial charge in [0.05, 0.1) is 31.4 Å². The molecule has 0 aromatic heterocycles. The van der Waals surface area contributed by atoms with Crippen LogP contribution in [0.3, 0.4) is 0 Å². The molecule has 0 saturated carbocycles. The van der Waals surface area contributed by atoms with Crippen LogP contribution in [0.1, 0.15) is 30.0 Å². The van der Waals surface area contributed by atoms with Gasteiger partial charge in [0.2, 0.25) is 5.91 Å². The molecule has 10 heteroatoms. The highest BCUT2D eigenvalue weighted by Crippen LogP contribution is 2.31. The number of nitrogens with zero attached hydrogens (tertiary/aromatic N) is 1. The van der Waals surface area contributed by atoms with Crippen molar-refractivity contribution in [3.8, 4) is 5.75 Å². The Morgan fingerprint density at radius 2 is 1.79 bits per heavy atom. The molecule has 2 aromatic carbocycles. The number of ether oxygens (including phenoxy) is 2. The molecule has 1 unspecified atom stereocenters. The average Bonchev–Trinajstić information content (AvgIpc) is 2.78. The van der Waals surface area contributed by atoms with Gasteiger partial charge in [-0.05, 0) is 36.2 Å². The molecule has 3 rings (SSSR count). The maximum Gasteiger partial charge on any atom is 0.416 e. The summed E-state index contributed by atoms with van der Waals surface area (Å²) < 4.78 is 75.7. The number of rotatable bonds is 9. The highest BCUT2D eigenvalue weighted by atomic mass is 19.4. The highest BCUT2D eigenvalue weighted by Gasteiger charge is 2.31. The minimum atomic E-state index is -4.42. The van der Waals surface area contributed by atoms with Crippen LogP contribution in [-0.2, 0) is 15.7 Å². The van der Waals surface area contributed by atoms with Crippen molar-refractivity contribution < 1.29 is 36.2 Å². The number of hydrogen-bond acceptors (Lipinski definition) is 4. The van der Waals surface area contributed by atoms with E-state index in [1.807, 2.05) is 0 Å². The van der Waals surface area contributed by atoms with Gasteiger partial charge in [0.1, 0.15) is 5.82 Å². The lowest BCUT2D eigenvalue weighted by Crippen LogP contribution is -2.43. The summed E-state index contributed by atoms with van der Waals surface area (Å²) in [6.07, 6.45) is -3.99. The second-order valence-corrected chi connectivity index (χ2v) is 7.61. The molecular formula is C23H25F5N2O3. The van der Waals surface area contributed by atoms with Crippen molar-refractivity contribution in [2.24, 2.45) is 0 Å². The van der Waals surface area contributed by atoms with E-state index >= 15 is 0 Å². The van der Waals surface area contributed by atoms with E-state index in [-0.39, 0.29) is 37.3 Å². The van der Waals surface area contributed by atoms with E-state index < -0.39 is 23.4 Å². The number of amides is 1. The van der Waals surface area contributed by atoms with Crippen molar-refractivity contribution in [1.29, 1.82) is 0 Å². The van der Waals surface area contributed by atoms with E-state index in [9.17, 15) is 26.7 Å². The van der Waals surface area contributed by atoms with E-state index in [1.54, 1.807) is 0 Å². The van der Waals surface area contributed by atoms with E-state index in [0.29, 0.717) is 38.3 Å². The lowest BCUT2D eigenvalue weighted by atomic mass is 10.0. The second kappa shape index (κ2) is 11.4. The third kappa shape index (κ3) is 7.40. The van der Waals surface area contributed by atoms with Crippen LogP contribution in [0.15, 0.2) is 42.5 Å². The number of nitrogens with one attached hydrogen (secondary N) is 1. The van der Waals surface area contributed by atoms with Crippen LogP contribution in [0.25, 0.3) is 0 Å². The van der Waals surface area contributed by atoms with Gasteiger partial charge in [-0.25, -0.2) is 8.78 Å². The Kier molecular flexibility index (Phi) is 8.62. The Hall–Kier alpha value is -2.72. The van der Waals surface area contributed by atoms with Crippen molar-refractivity contribution in [1.82, 2.24) is 10.2 Å². The summed E-state index contributed by atoms with van der Waals surface area (Å²) in [5.41, 5.74) is -0.0612. The molecular weight excluding hydrogens is 447 g/mol. The van der Waals surface area contributed by atoms with Gasteiger partial charge in [-0.15, -0.1) is 0 Å². The molecule has 1 N–H and O–H groups in total. The third-order valence-corrected chi connectivity index (χ3v) is 5.30. The number of carbonyl (C=O) groups is 1. The normalized spacial score (nSPS) is 15.8. The summed E-state index contributed by atoms with van der Waals surface area (Å²) in [6, 6.07) is 7.62. The second-order valence-electron chi connectivity index (χ2n) is 7.61. The molecule has 0 radical (unpaired) electrons. The zero-order valence-electron chi connectivity index (χ0n) is 17.8. The number of halogens is 5. The quantitative estimate of drug-likeness (QED) is 0.436. The van der Waals surface area contributed by atoms with E-state index in [4.69, 9.17) is 9.47 Å². The Bertz CT molecular complexity index is 915. The maximum atomic E-state index is 13.6. The summed E-state index contributed by atoms with van der Waals surface area (Å²) >= 11 is 0. The number of morpholine rings is 1. The van der Waals surface area contributed by atoms with E-state index in [1.165, 1.54) is 18.2 Å². The van der Waals surface area contributed by atoms with Gasteiger partial charge >= 0.3 is 6.18 Å². The summed E-state index contributed by atoms with van der Waals surface area (Å²) in [4.78, 5) is 14.4. The fourth-order valence-electron chi connectivity index (χ4n) is 3.55. The van der Waals surface area contributed by atoms with Gasteiger partial charge in [0, 0.05) is 32.1 Å². The highest BCUT2D eigenvalue weighted by molar-refractivity contribution is 5.75. The maximum absolute atomic E-state index is 13.6. The number of hydrogen-bond donors (Lipinski definition) is 1. The zero-order chi connectivity index (χ0) is 23.8. The summed E-state index contributed by atoms with van der Waals surface area (Å²) in [6.45, 7) is 2.49. The van der Waals surface area contributed by atoms with Crippen LogP contribution < -0.4 is 10.1 Å². The summed E-state index contributed by atoms with van der Waals surface area (Å²) in [5.74, 6) is -1.87. The summed E-state index contributed by atoms with van der Waals surface area (Å²) in [5, 5.41) is 2.82. The molecule has 0 spiro atoms. The molecule has 33 heavy (non-hydrogen) atoms. The molecule has 5 nitrogen and oxygen atoms in total. The van der Waals surface area contributed by atoms with Crippen molar-refractivity contribution in [2.75, 3.05) is 39.5 Å². The van der Waals surface area contributed by atoms with Crippen molar-refractivity contribution in [3.63, 3.8) is 0 Å². The lowest BCUT2D eigenvalue weighted by molar-refractivity contribution is -0.137. The van der Waals surface area contributed by atoms with Gasteiger partial charge in [0.25, 0.3) is 0 Å². The Morgan fingerprint density at radius 3 is 2.42 bits per heavy atom. The minimum absolute atomic E-state index is 0.0712. The van der Waals surface area contributed by atoms with Gasteiger partial charge in [-0.3, -0.25) is 9.69 Å². The van der Waals surface area contributed by atoms with E-state index in [0.717, 1.165) is 24.3 Å². The molecule has 2 aromatic rings. The SMILES string of the molecule is O=C(CCCOc1ccc(F)cc1F)NCC(c1ccc(C(F)(F)F)cc1)N1CCOCC1. The molecule has 1 amide bonds. The Morgan fingerprint density at radius 1 is 1.09 bits per heavy atom. The molecule has 0 bridgehead atoms. The van der Waals surface area contributed by atoms with Crippen molar-refractivity contribution in [2.45, 2.75) is 25.1 Å². The molecule has 0 aliphatic carbocycles. The smallest absolute Gasteiger partial charge is 0.416 e. The predicted molar refractivity (Wildman–Crippen MR) is 111 cm³/mol. The third-order valence-electron chi connectivity index (χ3n) is 5.30. The zero-order valence-corrected chi connectivity index (χ0v) is 17.8. The topological polar surface area (TPSA) is 50.8 Å². The van der Waals surface area contributed by atoms with Crippen LogP contribution in [0.4, 0.5) is 22.0 Å². The lowest BCUT2D eigenvalue weighted by Gasteiger charge is -2.35. The predicted octanol–water partition coefficient (Wildman–Crippen LogP) is 4.33. The van der Waals surface area contributed by atoms with Crippen LogP contribution in [0.5, 0.6) is 5.75 Å². The van der Waals surface area contributed by atoms with Crippen LogP contribution in [0, 0.1) is 11.6 Å². The van der Waals surface area contributed by atoms with Gasteiger partial charge in [0.15, 0.2) is 11.6 Å². The number of benzene rings is 2. The van der Waals surface area contributed by atoms with Gasteiger partial charge in [-0.2, -0.15) is 13.2 Å². The first-order chi connectivity index (χ1) is 15.7. The Balaban J connectivity index is 1.52. The Labute approximate surface area is 188 Å². The van der Waals surface area contributed by atoms with Crippen LogP contribution >= 0.6 is 0 Å². The largest absolute Gasteiger partial charge is 0.491 e. The molecule has 1 saturated heterocycles. The van der Waals surface area contributed by atoms with Crippen molar-refractivity contribution >= 4 is 5.91 Å². The van der Waals surface area contributed by atoms with Gasteiger partial charge in [-0.1, -0.05) is 12.1 Å². The van der Waals surface area contributed by atoms with Crippen LogP contribution in [-0.4, -0.2) is 50.3 Å². The molecule has 1 fully saturated rings. The number of alkyl halides is 3. The first-order valence-corrected chi connectivity index (χ1v) is 10.6. The van der Waals surface area contributed by atoms with Crippen molar-refractivity contribution in [3.05, 3.63) is 65.2 Å². The van der Waals surface area contributed by atoms with E-state index in [2.05, 4.69) is 10.2 Å². The summed E-state index contributed by atoms with van der Waals surface area (Å²) in [7, 11) is 0.